The third-order valence-corrected chi connectivity index (χ3v) is 6.35. The van der Waals surface area contributed by atoms with Crippen molar-refractivity contribution in [1.82, 2.24) is 9.80 Å². The molecule has 2 aliphatic rings. The number of likely N-dealkylation sites (tertiary alicyclic amines) is 1. The predicted molar refractivity (Wildman–Crippen MR) is 127 cm³/mol. The monoisotopic (exact) mass is 466 g/mol. The number of para-hydroxylation sites is 1. The number of morpholine rings is 1. The van der Waals surface area contributed by atoms with E-state index in [0.29, 0.717) is 48.9 Å². The van der Waals surface area contributed by atoms with E-state index in [1.165, 1.54) is 19.1 Å². The molecule has 180 valence electrons. The van der Waals surface area contributed by atoms with Gasteiger partial charge in [-0.25, -0.2) is 0 Å². The molecule has 0 aliphatic carbocycles. The number of carbonyl (C=O) groups is 2. The van der Waals surface area contributed by atoms with Crippen LogP contribution in [0.4, 0.5) is 0 Å². The molecular formula is C26H30N2O6. The molecule has 8 nitrogen and oxygen atoms in total. The summed E-state index contributed by atoms with van der Waals surface area (Å²) in [6.07, 6.45) is 0. The van der Waals surface area contributed by atoms with Crippen molar-refractivity contribution in [2.45, 2.75) is 13.0 Å². The van der Waals surface area contributed by atoms with Crippen LogP contribution in [0.5, 0.6) is 11.5 Å². The van der Waals surface area contributed by atoms with Gasteiger partial charge in [-0.1, -0.05) is 42.0 Å². The van der Waals surface area contributed by atoms with Crippen LogP contribution in [-0.4, -0.2) is 80.2 Å². The average molecular weight is 467 g/mol. The third kappa shape index (κ3) is 4.51. The lowest BCUT2D eigenvalue weighted by Crippen LogP contribution is -2.42. The van der Waals surface area contributed by atoms with Crippen LogP contribution in [0.1, 0.15) is 22.7 Å². The lowest BCUT2D eigenvalue weighted by Gasteiger charge is -2.31. The number of ketones is 1. The lowest BCUT2D eigenvalue weighted by atomic mass is 9.94. The van der Waals surface area contributed by atoms with Gasteiger partial charge < -0.3 is 24.2 Å². The first-order chi connectivity index (χ1) is 16.5. The Morgan fingerprint density at radius 3 is 2.38 bits per heavy atom. The number of Topliss-reactive ketones (excluding diaryl/α,β-unsaturated/α-hetero) is 1. The van der Waals surface area contributed by atoms with Crippen molar-refractivity contribution < 1.29 is 28.9 Å². The summed E-state index contributed by atoms with van der Waals surface area (Å²) in [4.78, 5) is 30.2. The molecule has 2 aliphatic heterocycles. The number of aryl methyl sites for hydroxylation is 1. The Labute approximate surface area is 199 Å². The van der Waals surface area contributed by atoms with E-state index in [9.17, 15) is 14.7 Å². The first-order valence-electron chi connectivity index (χ1n) is 11.3. The van der Waals surface area contributed by atoms with Crippen LogP contribution in [0.3, 0.4) is 0 Å². The highest BCUT2D eigenvalue weighted by Gasteiger charge is 2.47. The van der Waals surface area contributed by atoms with Crippen molar-refractivity contribution in [3.05, 3.63) is 64.7 Å². The molecule has 2 heterocycles. The molecule has 4 rings (SSSR count). The minimum absolute atomic E-state index is 0.0439. The van der Waals surface area contributed by atoms with E-state index in [0.717, 1.165) is 18.7 Å². The fraction of sp³-hybridized carbons (Fsp3) is 0.385. The number of methoxy groups -OCH3 is 2. The quantitative estimate of drug-likeness (QED) is 0.381. The van der Waals surface area contributed by atoms with Gasteiger partial charge in [0.1, 0.15) is 5.76 Å². The molecule has 2 saturated heterocycles. The van der Waals surface area contributed by atoms with E-state index in [2.05, 4.69) is 4.90 Å². The molecule has 1 unspecified atom stereocenters. The average Bonchev–Trinajstić information content (AvgIpc) is 3.12. The second kappa shape index (κ2) is 10.3. The SMILES string of the molecule is COc1cccc(C2C(=C(O)c3ccc(C)cc3)C(=O)C(=O)N2CCN2CCOCC2)c1OC. The summed E-state index contributed by atoms with van der Waals surface area (Å²) in [6, 6.07) is 11.7. The Hall–Kier alpha value is -3.36. The van der Waals surface area contributed by atoms with E-state index in [1.54, 1.807) is 30.3 Å². The number of carbonyl (C=O) groups excluding carboxylic acids is 2. The second-order valence-corrected chi connectivity index (χ2v) is 8.40. The van der Waals surface area contributed by atoms with E-state index in [4.69, 9.17) is 14.2 Å². The van der Waals surface area contributed by atoms with Crippen LogP contribution in [0.15, 0.2) is 48.0 Å². The fourth-order valence-corrected chi connectivity index (χ4v) is 4.50. The standard InChI is InChI=1S/C26H30N2O6/c1-17-7-9-18(10-8-17)23(29)21-22(19-5-4-6-20(32-2)25(19)33-3)28(26(31)24(21)30)12-11-27-13-15-34-16-14-27/h4-10,22,29H,11-16H2,1-3H3. The molecule has 34 heavy (non-hydrogen) atoms. The zero-order valence-electron chi connectivity index (χ0n) is 19.7. The van der Waals surface area contributed by atoms with Crippen molar-refractivity contribution in [3.63, 3.8) is 0 Å². The summed E-state index contributed by atoms with van der Waals surface area (Å²) in [6.45, 7) is 5.65. The van der Waals surface area contributed by atoms with E-state index >= 15 is 0 Å². The highest BCUT2D eigenvalue weighted by Crippen LogP contribution is 2.45. The number of nitrogens with zero attached hydrogens (tertiary/aromatic N) is 2. The number of rotatable bonds is 7. The molecule has 8 heteroatoms. The molecule has 0 bridgehead atoms. The smallest absolute Gasteiger partial charge is 0.295 e. The summed E-state index contributed by atoms with van der Waals surface area (Å²) >= 11 is 0. The molecule has 1 atom stereocenters. The van der Waals surface area contributed by atoms with Gasteiger partial charge in [0.05, 0.1) is 39.0 Å². The summed E-state index contributed by atoms with van der Waals surface area (Å²) in [5.74, 6) is -0.661. The number of ether oxygens (including phenoxy) is 3. The number of hydrogen-bond donors (Lipinski definition) is 1. The van der Waals surface area contributed by atoms with Crippen LogP contribution < -0.4 is 9.47 Å². The van der Waals surface area contributed by atoms with Crippen molar-refractivity contribution in [3.8, 4) is 11.5 Å². The van der Waals surface area contributed by atoms with Gasteiger partial charge in [0.2, 0.25) is 0 Å². The maximum absolute atomic E-state index is 13.3. The maximum atomic E-state index is 13.3. The highest BCUT2D eigenvalue weighted by molar-refractivity contribution is 6.46. The molecule has 0 spiro atoms. The number of aliphatic hydroxyl groups is 1. The number of hydrogen-bond acceptors (Lipinski definition) is 7. The van der Waals surface area contributed by atoms with Crippen LogP contribution in [-0.2, 0) is 14.3 Å². The second-order valence-electron chi connectivity index (χ2n) is 8.40. The fourth-order valence-electron chi connectivity index (χ4n) is 4.50. The summed E-state index contributed by atoms with van der Waals surface area (Å²) in [5.41, 5.74) is 2.12. The molecule has 1 N–H and O–H groups in total. The Morgan fingerprint density at radius 1 is 1.03 bits per heavy atom. The van der Waals surface area contributed by atoms with Gasteiger partial charge in [0, 0.05) is 37.3 Å². The molecule has 1 amide bonds. The largest absolute Gasteiger partial charge is 0.507 e. The minimum Gasteiger partial charge on any atom is -0.507 e. The third-order valence-electron chi connectivity index (χ3n) is 6.35. The zero-order chi connectivity index (χ0) is 24.2. The van der Waals surface area contributed by atoms with Gasteiger partial charge in [0.15, 0.2) is 11.5 Å². The summed E-state index contributed by atoms with van der Waals surface area (Å²) in [5, 5.41) is 11.2. The molecule has 2 aromatic carbocycles. The number of aliphatic hydroxyl groups excluding tert-OH is 1. The molecular weight excluding hydrogens is 436 g/mol. The van der Waals surface area contributed by atoms with Gasteiger partial charge in [-0.05, 0) is 13.0 Å². The highest BCUT2D eigenvalue weighted by atomic mass is 16.5. The first kappa shape index (κ1) is 23.8. The van der Waals surface area contributed by atoms with Crippen LogP contribution in [0, 0.1) is 6.92 Å². The van der Waals surface area contributed by atoms with Gasteiger partial charge in [-0.3, -0.25) is 14.5 Å². The van der Waals surface area contributed by atoms with Crippen LogP contribution >= 0.6 is 0 Å². The topological polar surface area (TPSA) is 88.5 Å². The van der Waals surface area contributed by atoms with Crippen molar-refractivity contribution in [2.24, 2.45) is 0 Å². The molecule has 2 aromatic rings. The van der Waals surface area contributed by atoms with Gasteiger partial charge in [-0.15, -0.1) is 0 Å². The first-order valence-corrected chi connectivity index (χ1v) is 11.3. The maximum Gasteiger partial charge on any atom is 0.295 e. The Bertz CT molecular complexity index is 1090. The van der Waals surface area contributed by atoms with Crippen molar-refractivity contribution in [2.75, 3.05) is 53.6 Å². The molecule has 0 radical (unpaired) electrons. The van der Waals surface area contributed by atoms with Crippen LogP contribution in [0.25, 0.3) is 5.76 Å². The normalized spacial score (nSPS) is 20.6. The Morgan fingerprint density at radius 2 is 1.74 bits per heavy atom. The van der Waals surface area contributed by atoms with Crippen molar-refractivity contribution in [1.29, 1.82) is 0 Å². The molecule has 0 saturated carbocycles. The molecule has 0 aromatic heterocycles. The van der Waals surface area contributed by atoms with Crippen LogP contribution in [0.2, 0.25) is 0 Å². The molecule has 2 fully saturated rings. The van der Waals surface area contributed by atoms with Gasteiger partial charge in [0.25, 0.3) is 11.7 Å². The Balaban J connectivity index is 1.81. The number of benzene rings is 2. The summed E-state index contributed by atoms with van der Waals surface area (Å²) in [7, 11) is 3.05. The predicted octanol–water partition coefficient (Wildman–Crippen LogP) is 2.77. The van der Waals surface area contributed by atoms with Gasteiger partial charge in [-0.2, -0.15) is 0 Å². The zero-order valence-corrected chi connectivity index (χ0v) is 19.7. The summed E-state index contributed by atoms with van der Waals surface area (Å²) < 4.78 is 16.5. The minimum atomic E-state index is -0.813. The number of amides is 1. The van der Waals surface area contributed by atoms with E-state index in [1.807, 2.05) is 19.1 Å². The van der Waals surface area contributed by atoms with Gasteiger partial charge >= 0.3 is 0 Å². The Kier molecular flexibility index (Phi) is 7.19. The van der Waals surface area contributed by atoms with E-state index in [-0.39, 0.29) is 11.3 Å². The lowest BCUT2D eigenvalue weighted by molar-refractivity contribution is -0.140. The van der Waals surface area contributed by atoms with Crippen molar-refractivity contribution >= 4 is 17.4 Å². The van der Waals surface area contributed by atoms with E-state index < -0.39 is 17.7 Å².